The van der Waals surface area contributed by atoms with Crippen LogP contribution in [0.3, 0.4) is 0 Å². The zero-order chi connectivity index (χ0) is 12.3. The average molecular weight is 395 g/mol. The first-order valence-corrected chi connectivity index (χ1v) is 8.77. The van der Waals surface area contributed by atoms with Crippen LogP contribution in [0.15, 0.2) is 31.2 Å². The van der Waals surface area contributed by atoms with Gasteiger partial charge in [0.25, 0.3) is 0 Å². The van der Waals surface area contributed by atoms with E-state index in [1.54, 1.807) is 22.7 Å². The van der Waals surface area contributed by atoms with Gasteiger partial charge in [0.05, 0.1) is 9.83 Å². The van der Waals surface area contributed by atoms with Gasteiger partial charge in [-0.3, -0.25) is 0 Å². The molecule has 1 nitrogen and oxygen atoms in total. The van der Waals surface area contributed by atoms with Crippen molar-refractivity contribution in [1.29, 1.82) is 0 Å². The smallest absolute Gasteiger partial charge is 0.0843 e. The Morgan fingerprint density at radius 1 is 1.41 bits per heavy atom. The van der Waals surface area contributed by atoms with E-state index in [4.69, 9.17) is 0 Å². The second kappa shape index (κ2) is 6.48. The molecule has 0 aliphatic heterocycles. The van der Waals surface area contributed by atoms with Gasteiger partial charge < -0.3 is 5.32 Å². The molecular formula is C12H13Br2NS2. The lowest BCUT2D eigenvalue weighted by atomic mass is 10.1. The molecule has 1 N–H and O–H groups in total. The van der Waals surface area contributed by atoms with Gasteiger partial charge in [0.1, 0.15) is 0 Å². The summed E-state index contributed by atoms with van der Waals surface area (Å²) in [5, 5.41) is 7.95. The molecule has 0 spiro atoms. The predicted molar refractivity (Wildman–Crippen MR) is 84.2 cm³/mol. The molecule has 2 rings (SSSR count). The molecule has 0 aliphatic carbocycles. The Balaban J connectivity index is 2.26. The van der Waals surface area contributed by atoms with Gasteiger partial charge >= 0.3 is 0 Å². The van der Waals surface area contributed by atoms with Crippen LogP contribution in [-0.2, 0) is 0 Å². The molecular weight excluding hydrogens is 382 g/mol. The predicted octanol–water partition coefficient (Wildman–Crippen LogP) is 5.42. The molecule has 0 aromatic carbocycles. The fourth-order valence-electron chi connectivity index (χ4n) is 1.62. The van der Waals surface area contributed by atoms with E-state index in [0.29, 0.717) is 6.04 Å². The van der Waals surface area contributed by atoms with Gasteiger partial charge in [-0.2, -0.15) is 11.3 Å². The fraction of sp³-hybridized carbons (Fsp3) is 0.333. The highest BCUT2D eigenvalue weighted by Crippen LogP contribution is 2.37. The van der Waals surface area contributed by atoms with Gasteiger partial charge in [-0.1, -0.05) is 6.92 Å². The van der Waals surface area contributed by atoms with Crippen LogP contribution >= 0.6 is 54.5 Å². The molecule has 2 aromatic rings. The maximum absolute atomic E-state index is 3.60. The van der Waals surface area contributed by atoms with Crippen molar-refractivity contribution in [3.8, 4) is 0 Å². The molecule has 0 saturated heterocycles. The zero-order valence-electron chi connectivity index (χ0n) is 9.37. The quantitative estimate of drug-likeness (QED) is 0.713. The van der Waals surface area contributed by atoms with E-state index < -0.39 is 0 Å². The third-order valence-electron chi connectivity index (χ3n) is 2.42. The van der Waals surface area contributed by atoms with Crippen LogP contribution in [-0.4, -0.2) is 6.54 Å². The standard InChI is InChI=1S/C12H13Br2NS2/c1-2-4-15-11(8-3-5-16-7-8)10-6-9(13)12(14)17-10/h3,5-7,11,15H,2,4H2,1H3. The van der Waals surface area contributed by atoms with Crippen LogP contribution in [0, 0.1) is 0 Å². The van der Waals surface area contributed by atoms with Gasteiger partial charge in [0, 0.05) is 9.35 Å². The Hall–Kier alpha value is 0.320. The third kappa shape index (κ3) is 3.41. The molecule has 0 bridgehead atoms. The summed E-state index contributed by atoms with van der Waals surface area (Å²) in [6.07, 6.45) is 1.15. The Morgan fingerprint density at radius 2 is 2.24 bits per heavy atom. The lowest BCUT2D eigenvalue weighted by molar-refractivity contribution is 0.607. The maximum atomic E-state index is 3.60. The molecule has 17 heavy (non-hydrogen) atoms. The number of nitrogens with one attached hydrogen (secondary N) is 1. The van der Waals surface area contributed by atoms with Gasteiger partial charge in [0.2, 0.25) is 0 Å². The lowest BCUT2D eigenvalue weighted by Gasteiger charge is -2.15. The number of hydrogen-bond donors (Lipinski definition) is 1. The Kier molecular flexibility index (Phi) is 5.24. The van der Waals surface area contributed by atoms with Crippen molar-refractivity contribution in [2.45, 2.75) is 19.4 Å². The van der Waals surface area contributed by atoms with E-state index in [2.05, 4.69) is 67.0 Å². The number of halogens is 2. The Morgan fingerprint density at radius 3 is 2.76 bits per heavy atom. The summed E-state index contributed by atoms with van der Waals surface area (Å²) in [5.41, 5.74) is 1.35. The van der Waals surface area contributed by atoms with E-state index in [-0.39, 0.29) is 0 Å². The summed E-state index contributed by atoms with van der Waals surface area (Å²) in [6.45, 7) is 3.23. The van der Waals surface area contributed by atoms with Crippen molar-refractivity contribution >= 4 is 54.5 Å². The molecule has 1 unspecified atom stereocenters. The van der Waals surface area contributed by atoms with Crippen molar-refractivity contribution in [3.05, 3.63) is 41.6 Å². The molecule has 0 saturated carbocycles. The molecule has 2 heterocycles. The van der Waals surface area contributed by atoms with Crippen molar-refractivity contribution in [3.63, 3.8) is 0 Å². The van der Waals surface area contributed by atoms with E-state index >= 15 is 0 Å². The normalized spacial score (nSPS) is 12.9. The van der Waals surface area contributed by atoms with Gasteiger partial charge in [-0.05, 0) is 73.3 Å². The number of hydrogen-bond acceptors (Lipinski definition) is 3. The molecule has 1 atom stereocenters. The summed E-state index contributed by atoms with van der Waals surface area (Å²) in [6, 6.07) is 4.70. The van der Waals surface area contributed by atoms with Crippen LogP contribution in [0.25, 0.3) is 0 Å². The summed E-state index contributed by atoms with van der Waals surface area (Å²) < 4.78 is 2.29. The minimum atomic E-state index is 0.314. The third-order valence-corrected chi connectivity index (χ3v) is 6.45. The first-order valence-electron chi connectivity index (χ1n) is 5.42. The summed E-state index contributed by atoms with van der Waals surface area (Å²) in [7, 11) is 0. The minimum Gasteiger partial charge on any atom is -0.306 e. The van der Waals surface area contributed by atoms with E-state index in [9.17, 15) is 0 Å². The highest BCUT2D eigenvalue weighted by atomic mass is 79.9. The monoisotopic (exact) mass is 393 g/mol. The van der Waals surface area contributed by atoms with Crippen molar-refractivity contribution in [1.82, 2.24) is 5.32 Å². The van der Waals surface area contributed by atoms with Crippen LogP contribution in [0.2, 0.25) is 0 Å². The van der Waals surface area contributed by atoms with E-state index in [0.717, 1.165) is 21.2 Å². The van der Waals surface area contributed by atoms with Gasteiger partial charge in [-0.25, -0.2) is 0 Å². The second-order valence-electron chi connectivity index (χ2n) is 3.71. The molecule has 5 heteroatoms. The van der Waals surface area contributed by atoms with Crippen LogP contribution < -0.4 is 5.32 Å². The molecule has 0 radical (unpaired) electrons. The summed E-state index contributed by atoms with van der Waals surface area (Å²) >= 11 is 10.6. The number of thiophene rings is 2. The molecule has 0 fully saturated rings. The Bertz CT molecular complexity index is 445. The van der Waals surface area contributed by atoms with Crippen molar-refractivity contribution < 1.29 is 0 Å². The topological polar surface area (TPSA) is 12.0 Å². The van der Waals surface area contributed by atoms with Crippen LogP contribution in [0.5, 0.6) is 0 Å². The van der Waals surface area contributed by atoms with Crippen LogP contribution in [0.4, 0.5) is 0 Å². The first kappa shape index (κ1) is 13.7. The molecule has 0 amide bonds. The van der Waals surface area contributed by atoms with Crippen molar-refractivity contribution in [2.75, 3.05) is 6.54 Å². The van der Waals surface area contributed by atoms with Gasteiger partial charge in [-0.15, -0.1) is 11.3 Å². The minimum absolute atomic E-state index is 0.314. The zero-order valence-corrected chi connectivity index (χ0v) is 14.2. The second-order valence-corrected chi connectivity index (χ2v) is 7.75. The van der Waals surface area contributed by atoms with Crippen LogP contribution in [0.1, 0.15) is 29.8 Å². The maximum Gasteiger partial charge on any atom is 0.0843 e. The van der Waals surface area contributed by atoms with E-state index in [1.165, 1.54) is 10.4 Å². The lowest BCUT2D eigenvalue weighted by Crippen LogP contribution is -2.21. The first-order chi connectivity index (χ1) is 8.22. The largest absolute Gasteiger partial charge is 0.306 e. The Labute approximate surface area is 127 Å². The summed E-state index contributed by atoms with van der Waals surface area (Å²) in [5.74, 6) is 0. The van der Waals surface area contributed by atoms with Gasteiger partial charge in [0.15, 0.2) is 0 Å². The SMILES string of the molecule is CCCNC(c1ccsc1)c1cc(Br)c(Br)s1. The molecule has 2 aromatic heterocycles. The summed E-state index contributed by atoms with van der Waals surface area (Å²) in [4.78, 5) is 1.34. The van der Waals surface area contributed by atoms with E-state index in [1.807, 2.05) is 0 Å². The molecule has 92 valence electrons. The highest BCUT2D eigenvalue weighted by Gasteiger charge is 2.17. The fourth-order valence-corrected chi connectivity index (χ4v) is 4.50. The average Bonchev–Trinajstić information content (AvgIpc) is 2.92. The highest BCUT2D eigenvalue weighted by molar-refractivity contribution is 9.13. The van der Waals surface area contributed by atoms with Crippen molar-refractivity contribution in [2.24, 2.45) is 0 Å². The number of rotatable bonds is 5. The molecule has 0 aliphatic rings.